The van der Waals surface area contributed by atoms with Crippen molar-refractivity contribution in [2.45, 2.75) is 25.6 Å². The summed E-state index contributed by atoms with van der Waals surface area (Å²) in [5.41, 5.74) is 2.55. The van der Waals surface area contributed by atoms with Crippen molar-refractivity contribution in [3.63, 3.8) is 0 Å². The van der Waals surface area contributed by atoms with Gasteiger partial charge in [0, 0.05) is 23.2 Å². The maximum atomic E-state index is 12.9. The first-order valence-electron chi connectivity index (χ1n) is 8.81. The fourth-order valence-electron chi connectivity index (χ4n) is 3.31. The number of carbonyl (C=O) groups excluding carboxylic acids is 2. The number of benzene rings is 1. The van der Waals surface area contributed by atoms with Gasteiger partial charge in [0.25, 0.3) is 5.91 Å². The third-order valence-electron chi connectivity index (χ3n) is 4.67. The summed E-state index contributed by atoms with van der Waals surface area (Å²) in [6, 6.07) is 16.9. The zero-order valence-electron chi connectivity index (χ0n) is 14.7. The van der Waals surface area contributed by atoms with Gasteiger partial charge in [0.2, 0.25) is 5.91 Å². The van der Waals surface area contributed by atoms with Crippen molar-refractivity contribution in [2.75, 3.05) is 0 Å². The van der Waals surface area contributed by atoms with Crippen LogP contribution in [0.15, 0.2) is 66.2 Å². The van der Waals surface area contributed by atoms with Gasteiger partial charge < -0.3 is 10.2 Å². The molecule has 0 fully saturated rings. The van der Waals surface area contributed by atoms with Gasteiger partial charge >= 0.3 is 0 Å². The summed E-state index contributed by atoms with van der Waals surface area (Å²) in [6.45, 7) is 0.913. The molecule has 0 saturated carbocycles. The summed E-state index contributed by atoms with van der Waals surface area (Å²) in [5.74, 6) is -0.107. The molecule has 2 aromatic heterocycles. The molecule has 0 saturated heterocycles. The Balaban J connectivity index is 1.49. The molecular weight excluding hydrogens is 358 g/mol. The van der Waals surface area contributed by atoms with Crippen molar-refractivity contribution >= 4 is 23.2 Å². The molecule has 2 amide bonds. The first-order valence-corrected chi connectivity index (χ1v) is 9.69. The normalized spacial score (nSPS) is 14.1. The predicted molar refractivity (Wildman–Crippen MR) is 104 cm³/mol. The fourth-order valence-corrected chi connectivity index (χ4v) is 4.15. The van der Waals surface area contributed by atoms with Crippen LogP contribution in [0.5, 0.6) is 0 Å². The molecular formula is C21H19N3O2S. The SMILES string of the molecule is O=C(C[C@@H](c1cccs1)N1Cc2ccccc2C1=O)NCc1ccccn1. The van der Waals surface area contributed by atoms with Crippen LogP contribution in [0, 0.1) is 0 Å². The van der Waals surface area contributed by atoms with E-state index in [4.69, 9.17) is 0 Å². The van der Waals surface area contributed by atoms with Crippen LogP contribution in [0.4, 0.5) is 0 Å². The second kappa shape index (κ2) is 7.72. The van der Waals surface area contributed by atoms with E-state index in [1.165, 1.54) is 0 Å². The van der Waals surface area contributed by atoms with Crippen molar-refractivity contribution in [3.05, 3.63) is 87.9 Å². The molecule has 3 aromatic rings. The Morgan fingerprint density at radius 2 is 2.00 bits per heavy atom. The van der Waals surface area contributed by atoms with E-state index < -0.39 is 0 Å². The first kappa shape index (κ1) is 17.4. The number of rotatable bonds is 6. The quantitative estimate of drug-likeness (QED) is 0.715. The molecule has 5 nitrogen and oxygen atoms in total. The first-order chi connectivity index (χ1) is 13.2. The molecule has 0 unspecified atom stereocenters. The Bertz CT molecular complexity index is 941. The van der Waals surface area contributed by atoms with E-state index in [1.807, 2.05) is 60.0 Å². The summed E-state index contributed by atoms with van der Waals surface area (Å²) in [7, 11) is 0. The summed E-state index contributed by atoms with van der Waals surface area (Å²) in [4.78, 5) is 32.5. The number of fused-ring (bicyclic) bond motifs is 1. The molecule has 1 N–H and O–H groups in total. The number of hydrogen-bond acceptors (Lipinski definition) is 4. The number of aromatic nitrogens is 1. The maximum Gasteiger partial charge on any atom is 0.255 e. The van der Waals surface area contributed by atoms with E-state index in [-0.39, 0.29) is 24.3 Å². The van der Waals surface area contributed by atoms with Crippen LogP contribution >= 0.6 is 11.3 Å². The van der Waals surface area contributed by atoms with E-state index in [2.05, 4.69) is 10.3 Å². The smallest absolute Gasteiger partial charge is 0.255 e. The van der Waals surface area contributed by atoms with E-state index >= 15 is 0 Å². The lowest BCUT2D eigenvalue weighted by molar-refractivity contribution is -0.122. The molecule has 1 aliphatic rings. The number of amides is 2. The van der Waals surface area contributed by atoms with E-state index in [1.54, 1.807) is 22.4 Å². The largest absolute Gasteiger partial charge is 0.350 e. The number of nitrogens with zero attached hydrogens (tertiary/aromatic N) is 2. The lowest BCUT2D eigenvalue weighted by atomic mass is 10.1. The van der Waals surface area contributed by atoms with Gasteiger partial charge in [-0.3, -0.25) is 14.6 Å². The molecule has 0 radical (unpaired) electrons. The number of hydrogen-bond donors (Lipinski definition) is 1. The van der Waals surface area contributed by atoms with Crippen molar-refractivity contribution in [3.8, 4) is 0 Å². The molecule has 3 heterocycles. The minimum Gasteiger partial charge on any atom is -0.350 e. The molecule has 1 atom stereocenters. The molecule has 0 spiro atoms. The van der Waals surface area contributed by atoms with Gasteiger partial charge in [-0.2, -0.15) is 0 Å². The van der Waals surface area contributed by atoms with Crippen LogP contribution in [-0.4, -0.2) is 21.7 Å². The highest BCUT2D eigenvalue weighted by molar-refractivity contribution is 7.10. The van der Waals surface area contributed by atoms with Crippen LogP contribution in [0.1, 0.15) is 39.0 Å². The van der Waals surface area contributed by atoms with Crippen molar-refractivity contribution in [2.24, 2.45) is 0 Å². The molecule has 6 heteroatoms. The Morgan fingerprint density at radius 3 is 2.74 bits per heavy atom. The van der Waals surface area contributed by atoms with Gasteiger partial charge in [0.15, 0.2) is 0 Å². The standard InChI is InChI=1S/C21H19N3O2S/c25-20(23-13-16-7-3-4-10-22-16)12-18(19-9-5-11-27-19)24-14-15-6-1-2-8-17(15)21(24)26/h1-11,18H,12-14H2,(H,23,25)/t18-/m0/s1. The predicted octanol–water partition coefficient (Wildman–Crippen LogP) is 3.55. The lowest BCUT2D eigenvalue weighted by Crippen LogP contribution is -2.33. The Hall–Kier alpha value is -2.99. The molecule has 0 bridgehead atoms. The van der Waals surface area contributed by atoms with E-state index in [9.17, 15) is 9.59 Å². The molecule has 4 rings (SSSR count). The Labute approximate surface area is 161 Å². The fraction of sp³-hybridized carbons (Fsp3) is 0.190. The van der Waals surface area contributed by atoms with E-state index in [0.29, 0.717) is 13.1 Å². The summed E-state index contributed by atoms with van der Waals surface area (Å²) in [6.07, 6.45) is 1.93. The van der Waals surface area contributed by atoms with Crippen LogP contribution in [0.25, 0.3) is 0 Å². The molecule has 1 aromatic carbocycles. The molecule has 1 aliphatic heterocycles. The average Bonchev–Trinajstić information content (AvgIpc) is 3.34. The monoisotopic (exact) mass is 377 g/mol. The van der Waals surface area contributed by atoms with Gasteiger partial charge in [-0.15, -0.1) is 11.3 Å². The number of pyridine rings is 1. The summed E-state index contributed by atoms with van der Waals surface area (Å²) >= 11 is 1.57. The zero-order chi connectivity index (χ0) is 18.6. The highest BCUT2D eigenvalue weighted by Gasteiger charge is 2.34. The Morgan fingerprint density at radius 1 is 1.15 bits per heavy atom. The molecule has 136 valence electrons. The minimum atomic E-state index is -0.270. The number of thiophene rings is 1. The van der Waals surface area contributed by atoms with Gasteiger partial charge in [-0.1, -0.05) is 30.3 Å². The highest BCUT2D eigenvalue weighted by Crippen LogP contribution is 2.35. The van der Waals surface area contributed by atoms with Crippen LogP contribution in [0.2, 0.25) is 0 Å². The van der Waals surface area contributed by atoms with Gasteiger partial charge in [0.05, 0.1) is 24.7 Å². The van der Waals surface area contributed by atoms with Crippen LogP contribution in [-0.2, 0) is 17.9 Å². The lowest BCUT2D eigenvalue weighted by Gasteiger charge is -2.26. The van der Waals surface area contributed by atoms with Gasteiger partial charge in [0.1, 0.15) is 0 Å². The summed E-state index contributed by atoms with van der Waals surface area (Å²) in [5, 5.41) is 4.89. The molecule has 0 aliphatic carbocycles. The van der Waals surface area contributed by atoms with Gasteiger partial charge in [-0.25, -0.2) is 0 Å². The Kier molecular flexibility index (Phi) is 4.98. The second-order valence-corrected chi connectivity index (χ2v) is 7.40. The topological polar surface area (TPSA) is 62.3 Å². The number of nitrogens with one attached hydrogen (secondary N) is 1. The van der Waals surface area contributed by atoms with Gasteiger partial charge in [-0.05, 0) is 35.2 Å². The minimum absolute atomic E-state index is 0.0125. The number of carbonyl (C=O) groups is 2. The van der Waals surface area contributed by atoms with Crippen molar-refractivity contribution in [1.29, 1.82) is 0 Å². The van der Waals surface area contributed by atoms with Crippen LogP contribution < -0.4 is 5.32 Å². The maximum absolute atomic E-state index is 12.9. The second-order valence-electron chi connectivity index (χ2n) is 6.42. The van der Waals surface area contributed by atoms with Crippen molar-refractivity contribution < 1.29 is 9.59 Å². The third kappa shape index (κ3) is 3.75. The van der Waals surface area contributed by atoms with E-state index in [0.717, 1.165) is 21.7 Å². The summed E-state index contributed by atoms with van der Waals surface area (Å²) < 4.78 is 0. The highest BCUT2D eigenvalue weighted by atomic mass is 32.1. The average molecular weight is 377 g/mol. The zero-order valence-corrected chi connectivity index (χ0v) is 15.5. The third-order valence-corrected chi connectivity index (χ3v) is 5.64. The van der Waals surface area contributed by atoms with Crippen LogP contribution in [0.3, 0.4) is 0 Å². The van der Waals surface area contributed by atoms with Crippen molar-refractivity contribution in [1.82, 2.24) is 15.2 Å². The molecule has 27 heavy (non-hydrogen) atoms.